The summed E-state index contributed by atoms with van der Waals surface area (Å²) >= 11 is 0. The standard InChI is InChI=1S/C4H6N3O2P/c1-4(2-5,3-6)9-10(7)8/h8H,7H2,1H3. The second kappa shape index (κ2) is 3.46. The third kappa shape index (κ3) is 2.72. The molecule has 5 nitrogen and oxygen atoms in total. The Bertz CT molecular complexity index is 178. The molecule has 1 atom stereocenters. The highest BCUT2D eigenvalue weighted by molar-refractivity contribution is 7.43. The van der Waals surface area contributed by atoms with Gasteiger partial charge in [0.05, 0.1) is 0 Å². The third-order valence-corrected chi connectivity index (χ3v) is 1.26. The van der Waals surface area contributed by atoms with Crippen LogP contribution in [0.25, 0.3) is 0 Å². The van der Waals surface area contributed by atoms with Gasteiger partial charge in [-0.1, -0.05) is 0 Å². The first-order valence-electron chi connectivity index (χ1n) is 2.29. The largest absolute Gasteiger partial charge is 0.338 e. The van der Waals surface area contributed by atoms with Crippen LogP contribution < -0.4 is 5.50 Å². The molecule has 1 unspecified atom stereocenters. The lowest BCUT2D eigenvalue weighted by molar-refractivity contribution is 0.208. The quantitative estimate of drug-likeness (QED) is 0.551. The first-order valence-corrected chi connectivity index (χ1v) is 3.57. The maximum absolute atomic E-state index is 8.47. The number of rotatable bonds is 2. The Morgan fingerprint density at radius 3 is 2.10 bits per heavy atom. The monoisotopic (exact) mass is 159 g/mol. The summed E-state index contributed by atoms with van der Waals surface area (Å²) in [6, 6.07) is 3.10. The maximum Gasteiger partial charge on any atom is 0.252 e. The molecular weight excluding hydrogens is 153 g/mol. The van der Waals surface area contributed by atoms with Gasteiger partial charge in [0, 0.05) is 0 Å². The Kier molecular flexibility index (Phi) is 3.21. The molecule has 0 radical (unpaired) electrons. The molecule has 0 bridgehead atoms. The average molecular weight is 159 g/mol. The van der Waals surface area contributed by atoms with E-state index < -0.39 is 14.1 Å². The Hall–Kier alpha value is -0.710. The molecule has 10 heavy (non-hydrogen) atoms. The normalized spacial score (nSPS) is 13.3. The smallest absolute Gasteiger partial charge is 0.252 e. The van der Waals surface area contributed by atoms with Crippen LogP contribution in [0, 0.1) is 22.7 Å². The second-order valence-electron chi connectivity index (χ2n) is 1.65. The number of nitrogens with zero attached hydrogens (tertiary/aromatic N) is 2. The van der Waals surface area contributed by atoms with E-state index in [1.54, 1.807) is 12.1 Å². The Morgan fingerprint density at radius 2 is 2.00 bits per heavy atom. The van der Waals surface area contributed by atoms with Gasteiger partial charge in [0.25, 0.3) is 8.53 Å². The third-order valence-electron chi connectivity index (χ3n) is 0.703. The van der Waals surface area contributed by atoms with E-state index in [2.05, 4.69) is 4.52 Å². The summed E-state index contributed by atoms with van der Waals surface area (Å²) in [6.07, 6.45) is 0. The number of hydrogen-bond donors (Lipinski definition) is 2. The topological polar surface area (TPSA) is 103 Å². The molecule has 0 aromatic heterocycles. The van der Waals surface area contributed by atoms with Gasteiger partial charge in [-0.15, -0.1) is 0 Å². The first-order chi connectivity index (χ1) is 4.54. The summed E-state index contributed by atoms with van der Waals surface area (Å²) in [4.78, 5) is 8.47. The molecule has 6 heteroatoms. The molecule has 0 heterocycles. The zero-order chi connectivity index (χ0) is 8.20. The minimum absolute atomic E-state index is 1.23. The van der Waals surface area contributed by atoms with Gasteiger partial charge in [-0.2, -0.15) is 10.5 Å². The fourth-order valence-electron chi connectivity index (χ4n) is 0.253. The highest BCUT2D eigenvalue weighted by atomic mass is 31.2. The number of hydrogen-bond acceptors (Lipinski definition) is 5. The van der Waals surface area contributed by atoms with Crippen molar-refractivity contribution in [3.8, 4) is 12.1 Å². The molecule has 0 fully saturated rings. The molecule has 0 saturated heterocycles. The van der Waals surface area contributed by atoms with Gasteiger partial charge in [-0.25, -0.2) is 0 Å². The Labute approximate surface area is 59.6 Å². The molecule has 0 aliphatic rings. The van der Waals surface area contributed by atoms with E-state index in [0.29, 0.717) is 0 Å². The van der Waals surface area contributed by atoms with Crippen molar-refractivity contribution in [2.75, 3.05) is 0 Å². The van der Waals surface area contributed by atoms with Crippen molar-refractivity contribution in [1.29, 1.82) is 10.5 Å². The number of nitriles is 2. The van der Waals surface area contributed by atoms with Crippen LogP contribution in [0.5, 0.6) is 0 Å². The fourth-order valence-corrected chi connectivity index (χ4v) is 0.709. The van der Waals surface area contributed by atoms with Gasteiger partial charge in [0.2, 0.25) is 5.60 Å². The number of nitrogens with two attached hydrogens (primary N) is 1. The lowest BCUT2D eigenvalue weighted by Gasteiger charge is -2.13. The van der Waals surface area contributed by atoms with Crippen LogP contribution in [0.15, 0.2) is 0 Å². The minimum Gasteiger partial charge on any atom is -0.338 e. The molecular formula is C4H6N3O2P. The molecule has 0 aliphatic carbocycles. The summed E-state index contributed by atoms with van der Waals surface area (Å²) in [5, 5.41) is 16.6. The van der Waals surface area contributed by atoms with Crippen LogP contribution in [-0.4, -0.2) is 10.5 Å². The molecule has 0 rings (SSSR count). The SMILES string of the molecule is CC(C#N)(C#N)OP(N)O. The summed E-state index contributed by atoms with van der Waals surface area (Å²) < 4.78 is 4.41. The lowest BCUT2D eigenvalue weighted by atomic mass is 10.2. The molecule has 0 spiro atoms. The fraction of sp³-hybridized carbons (Fsp3) is 0.500. The van der Waals surface area contributed by atoms with Crippen molar-refractivity contribution in [1.82, 2.24) is 0 Å². The van der Waals surface area contributed by atoms with E-state index in [4.69, 9.17) is 20.9 Å². The van der Waals surface area contributed by atoms with Gasteiger partial charge in [0.15, 0.2) is 0 Å². The van der Waals surface area contributed by atoms with Crippen LogP contribution in [-0.2, 0) is 4.52 Å². The maximum atomic E-state index is 8.47. The van der Waals surface area contributed by atoms with E-state index in [9.17, 15) is 0 Å². The molecule has 0 aliphatic heterocycles. The highest BCUT2D eigenvalue weighted by Crippen LogP contribution is 2.27. The molecule has 3 N–H and O–H groups in total. The summed E-state index contributed by atoms with van der Waals surface area (Å²) in [5.74, 6) is 0. The zero-order valence-corrected chi connectivity index (χ0v) is 6.17. The van der Waals surface area contributed by atoms with E-state index in [0.717, 1.165) is 0 Å². The van der Waals surface area contributed by atoms with Crippen molar-refractivity contribution in [3.05, 3.63) is 0 Å². The molecule has 0 aromatic rings. The summed E-state index contributed by atoms with van der Waals surface area (Å²) in [6.45, 7) is 1.23. The minimum atomic E-state index is -2.15. The van der Waals surface area contributed by atoms with Gasteiger partial charge < -0.3 is 4.89 Å². The van der Waals surface area contributed by atoms with Crippen LogP contribution >= 0.6 is 8.53 Å². The van der Waals surface area contributed by atoms with Crippen molar-refractivity contribution in [2.45, 2.75) is 12.5 Å². The van der Waals surface area contributed by atoms with Gasteiger partial charge in [-0.3, -0.25) is 10.0 Å². The van der Waals surface area contributed by atoms with Crippen molar-refractivity contribution >= 4 is 8.53 Å². The molecule has 0 aromatic carbocycles. The summed E-state index contributed by atoms with van der Waals surface area (Å²) in [7, 11) is -2.15. The zero-order valence-electron chi connectivity index (χ0n) is 5.27. The highest BCUT2D eigenvalue weighted by Gasteiger charge is 2.26. The van der Waals surface area contributed by atoms with Crippen LogP contribution in [0.1, 0.15) is 6.92 Å². The van der Waals surface area contributed by atoms with Crippen molar-refractivity contribution in [3.63, 3.8) is 0 Å². The van der Waals surface area contributed by atoms with E-state index >= 15 is 0 Å². The predicted molar refractivity (Wildman–Crippen MR) is 34.0 cm³/mol. The first kappa shape index (κ1) is 9.29. The van der Waals surface area contributed by atoms with Crippen LogP contribution in [0.4, 0.5) is 0 Å². The van der Waals surface area contributed by atoms with E-state index in [1.807, 2.05) is 0 Å². The van der Waals surface area contributed by atoms with E-state index in [-0.39, 0.29) is 0 Å². The molecule has 0 saturated carbocycles. The second-order valence-corrected chi connectivity index (χ2v) is 2.44. The van der Waals surface area contributed by atoms with Crippen LogP contribution in [0.3, 0.4) is 0 Å². The van der Waals surface area contributed by atoms with Gasteiger partial charge >= 0.3 is 0 Å². The van der Waals surface area contributed by atoms with E-state index in [1.165, 1.54) is 6.92 Å². The lowest BCUT2D eigenvalue weighted by Crippen LogP contribution is -2.22. The van der Waals surface area contributed by atoms with Crippen LogP contribution in [0.2, 0.25) is 0 Å². The van der Waals surface area contributed by atoms with Gasteiger partial charge in [-0.05, 0) is 6.92 Å². The Morgan fingerprint density at radius 1 is 1.60 bits per heavy atom. The Balaban J connectivity index is 4.15. The molecule has 0 amide bonds. The predicted octanol–water partition coefficient (Wildman–Crippen LogP) is -0.0132. The summed E-state index contributed by atoms with van der Waals surface area (Å²) in [5.41, 5.74) is 3.20. The molecule has 54 valence electrons. The van der Waals surface area contributed by atoms with Gasteiger partial charge in [0.1, 0.15) is 12.1 Å². The van der Waals surface area contributed by atoms with Crippen molar-refractivity contribution < 1.29 is 9.42 Å². The van der Waals surface area contributed by atoms with Crippen molar-refractivity contribution in [2.24, 2.45) is 5.50 Å². The average Bonchev–Trinajstić information content (AvgIpc) is 1.87.